The average Bonchev–Trinajstić information content (AvgIpc) is 3.13. The van der Waals surface area contributed by atoms with Gasteiger partial charge in [0.25, 0.3) is 17.7 Å². The van der Waals surface area contributed by atoms with Crippen molar-refractivity contribution in [3.63, 3.8) is 0 Å². The number of anilines is 1. The van der Waals surface area contributed by atoms with Crippen LogP contribution in [0.1, 0.15) is 41.5 Å². The molecule has 0 radical (unpaired) electrons. The second-order valence-electron chi connectivity index (χ2n) is 6.92. The first-order valence-corrected chi connectivity index (χ1v) is 10.8. The molecular formula is C20H21Cl2N3O5S. The zero-order valence-electron chi connectivity index (χ0n) is 16.9. The molecule has 4 N–H and O–H groups in total. The second kappa shape index (κ2) is 10.6. The SMILES string of the molecule is CC(C)[C@H](NC(=O)c1ccc(Cl)cc1Cl)C(=O)O[C@H](C)C(=O)Nc1sccc1C(N)=O. The van der Waals surface area contributed by atoms with E-state index in [2.05, 4.69) is 10.6 Å². The van der Waals surface area contributed by atoms with Crippen molar-refractivity contribution in [2.75, 3.05) is 5.32 Å². The van der Waals surface area contributed by atoms with Crippen LogP contribution < -0.4 is 16.4 Å². The molecule has 2 aromatic rings. The average molecular weight is 486 g/mol. The highest BCUT2D eigenvalue weighted by atomic mass is 35.5. The zero-order valence-corrected chi connectivity index (χ0v) is 19.2. The van der Waals surface area contributed by atoms with Crippen LogP contribution in [0.4, 0.5) is 5.00 Å². The van der Waals surface area contributed by atoms with Crippen LogP contribution in [0.15, 0.2) is 29.6 Å². The molecule has 0 unspecified atom stereocenters. The first-order valence-electron chi connectivity index (χ1n) is 9.15. The number of nitrogens with two attached hydrogens (primary N) is 1. The predicted molar refractivity (Wildman–Crippen MR) is 120 cm³/mol. The number of carbonyl (C=O) groups excluding carboxylic acids is 4. The molecule has 1 aromatic heterocycles. The second-order valence-corrected chi connectivity index (χ2v) is 8.68. The van der Waals surface area contributed by atoms with E-state index < -0.39 is 35.8 Å². The van der Waals surface area contributed by atoms with Crippen LogP contribution in [0.5, 0.6) is 0 Å². The molecule has 0 spiro atoms. The van der Waals surface area contributed by atoms with Gasteiger partial charge in [-0.15, -0.1) is 11.3 Å². The highest BCUT2D eigenvalue weighted by Crippen LogP contribution is 2.23. The van der Waals surface area contributed by atoms with Crippen molar-refractivity contribution in [3.8, 4) is 0 Å². The summed E-state index contributed by atoms with van der Waals surface area (Å²) in [5.41, 5.74) is 5.55. The lowest BCUT2D eigenvalue weighted by Gasteiger charge is -2.23. The Morgan fingerprint density at radius 2 is 1.74 bits per heavy atom. The number of ether oxygens (including phenoxy) is 1. The lowest BCUT2D eigenvalue weighted by molar-refractivity contribution is -0.156. The standard InChI is InChI=1S/C20H21Cl2N3O5S/c1-9(2)15(24-18(28)12-5-4-11(21)8-14(12)22)20(29)30-10(3)17(27)25-19-13(16(23)26)6-7-31-19/h4-10,15H,1-3H3,(H2,23,26)(H,24,28)(H,25,27)/t10-,15+/m1/s1. The molecule has 11 heteroatoms. The Morgan fingerprint density at radius 3 is 2.32 bits per heavy atom. The number of halogens is 2. The van der Waals surface area contributed by atoms with Crippen LogP contribution in [0, 0.1) is 5.92 Å². The summed E-state index contributed by atoms with van der Waals surface area (Å²) in [6, 6.07) is 4.81. The molecule has 1 aromatic carbocycles. The van der Waals surface area contributed by atoms with Gasteiger partial charge < -0.3 is 21.1 Å². The Hall–Kier alpha value is -2.62. The van der Waals surface area contributed by atoms with Gasteiger partial charge in [-0.1, -0.05) is 37.0 Å². The molecular weight excluding hydrogens is 465 g/mol. The number of rotatable bonds is 8. The summed E-state index contributed by atoms with van der Waals surface area (Å²) in [5, 5.41) is 7.44. The van der Waals surface area contributed by atoms with Crippen LogP contribution >= 0.6 is 34.5 Å². The maximum atomic E-state index is 12.6. The van der Waals surface area contributed by atoms with E-state index >= 15 is 0 Å². The molecule has 31 heavy (non-hydrogen) atoms. The molecule has 166 valence electrons. The van der Waals surface area contributed by atoms with E-state index in [-0.39, 0.29) is 27.1 Å². The fraction of sp³-hybridized carbons (Fsp3) is 0.300. The van der Waals surface area contributed by atoms with Crippen LogP contribution in [0.3, 0.4) is 0 Å². The van der Waals surface area contributed by atoms with Gasteiger partial charge >= 0.3 is 5.97 Å². The van der Waals surface area contributed by atoms with Gasteiger partial charge in [0.15, 0.2) is 6.10 Å². The summed E-state index contributed by atoms with van der Waals surface area (Å²) in [6.45, 7) is 4.80. The molecule has 2 atom stereocenters. The summed E-state index contributed by atoms with van der Waals surface area (Å²) < 4.78 is 5.24. The molecule has 0 fully saturated rings. The smallest absolute Gasteiger partial charge is 0.329 e. The first-order chi connectivity index (χ1) is 14.5. The minimum Gasteiger partial charge on any atom is -0.451 e. The van der Waals surface area contributed by atoms with Gasteiger partial charge in [-0.05, 0) is 42.5 Å². The van der Waals surface area contributed by atoms with E-state index in [4.69, 9.17) is 33.7 Å². The number of amides is 3. The highest BCUT2D eigenvalue weighted by Gasteiger charge is 2.30. The zero-order chi connectivity index (χ0) is 23.3. The third kappa shape index (κ3) is 6.43. The van der Waals surface area contributed by atoms with E-state index in [1.165, 1.54) is 31.2 Å². The molecule has 8 nitrogen and oxygen atoms in total. The monoisotopic (exact) mass is 485 g/mol. The van der Waals surface area contributed by atoms with Crippen molar-refractivity contribution in [2.45, 2.75) is 32.9 Å². The van der Waals surface area contributed by atoms with Crippen LogP contribution in [0.25, 0.3) is 0 Å². The van der Waals surface area contributed by atoms with Crippen molar-refractivity contribution >= 4 is 63.2 Å². The van der Waals surface area contributed by atoms with Gasteiger partial charge in [-0.25, -0.2) is 4.79 Å². The third-order valence-electron chi connectivity index (χ3n) is 4.21. The van der Waals surface area contributed by atoms with E-state index in [0.717, 1.165) is 11.3 Å². The number of hydrogen-bond donors (Lipinski definition) is 3. The lowest BCUT2D eigenvalue weighted by atomic mass is 10.0. The van der Waals surface area contributed by atoms with Crippen molar-refractivity contribution in [3.05, 3.63) is 50.8 Å². The van der Waals surface area contributed by atoms with Gasteiger partial charge in [0, 0.05) is 5.02 Å². The Labute approximate surface area is 193 Å². The van der Waals surface area contributed by atoms with Gasteiger partial charge in [-0.3, -0.25) is 14.4 Å². The summed E-state index contributed by atoms with van der Waals surface area (Å²) in [5.74, 6) is -3.05. The summed E-state index contributed by atoms with van der Waals surface area (Å²) >= 11 is 13.0. The number of benzene rings is 1. The largest absolute Gasteiger partial charge is 0.451 e. The molecule has 0 saturated carbocycles. The molecule has 0 aliphatic carbocycles. The topological polar surface area (TPSA) is 128 Å². The number of carbonyl (C=O) groups is 4. The normalized spacial score (nSPS) is 12.7. The quantitative estimate of drug-likeness (QED) is 0.493. The van der Waals surface area contributed by atoms with E-state index in [1.54, 1.807) is 19.2 Å². The maximum absolute atomic E-state index is 12.6. The van der Waals surface area contributed by atoms with Crippen molar-refractivity contribution in [1.82, 2.24) is 5.32 Å². The fourth-order valence-corrected chi connectivity index (χ4v) is 3.79. The molecule has 0 saturated heterocycles. The Bertz CT molecular complexity index is 1010. The number of nitrogens with one attached hydrogen (secondary N) is 2. The first kappa shape index (κ1) is 24.6. The van der Waals surface area contributed by atoms with E-state index in [9.17, 15) is 19.2 Å². The van der Waals surface area contributed by atoms with Gasteiger partial charge in [0.1, 0.15) is 11.0 Å². The maximum Gasteiger partial charge on any atom is 0.329 e. The Morgan fingerprint density at radius 1 is 1.06 bits per heavy atom. The number of hydrogen-bond acceptors (Lipinski definition) is 6. The molecule has 3 amide bonds. The van der Waals surface area contributed by atoms with Gasteiger partial charge in [-0.2, -0.15) is 0 Å². The number of esters is 1. The van der Waals surface area contributed by atoms with Gasteiger partial charge in [0.2, 0.25) is 0 Å². The minimum atomic E-state index is -1.19. The third-order valence-corrected chi connectivity index (χ3v) is 5.59. The van der Waals surface area contributed by atoms with Gasteiger partial charge in [0.05, 0.1) is 16.1 Å². The molecule has 1 heterocycles. The number of primary amides is 1. The van der Waals surface area contributed by atoms with E-state index in [0.29, 0.717) is 5.02 Å². The van der Waals surface area contributed by atoms with Crippen molar-refractivity contribution in [2.24, 2.45) is 11.7 Å². The van der Waals surface area contributed by atoms with Crippen LogP contribution in [0.2, 0.25) is 10.0 Å². The summed E-state index contributed by atoms with van der Waals surface area (Å²) in [6.07, 6.45) is -1.19. The summed E-state index contributed by atoms with van der Waals surface area (Å²) in [7, 11) is 0. The van der Waals surface area contributed by atoms with Crippen LogP contribution in [-0.4, -0.2) is 35.8 Å². The van der Waals surface area contributed by atoms with Crippen molar-refractivity contribution in [1.29, 1.82) is 0 Å². The molecule has 2 rings (SSSR count). The molecule has 0 aliphatic rings. The lowest BCUT2D eigenvalue weighted by Crippen LogP contribution is -2.47. The van der Waals surface area contributed by atoms with Crippen LogP contribution in [-0.2, 0) is 14.3 Å². The number of thiophene rings is 1. The van der Waals surface area contributed by atoms with Crippen molar-refractivity contribution < 1.29 is 23.9 Å². The minimum absolute atomic E-state index is 0.134. The molecule has 0 aliphatic heterocycles. The highest BCUT2D eigenvalue weighted by molar-refractivity contribution is 7.14. The molecule has 0 bridgehead atoms. The Kier molecular flexibility index (Phi) is 8.43. The van der Waals surface area contributed by atoms with E-state index in [1.807, 2.05) is 0 Å². The fourth-order valence-electron chi connectivity index (χ4n) is 2.51. The Balaban J connectivity index is 2.05. The summed E-state index contributed by atoms with van der Waals surface area (Å²) in [4.78, 5) is 49.0. The predicted octanol–water partition coefficient (Wildman–Crippen LogP) is 3.48.